The molecule has 0 saturated carbocycles. The maximum Gasteiger partial charge on any atom is 0.125 e. The summed E-state index contributed by atoms with van der Waals surface area (Å²) in [5.41, 5.74) is 1.59. The van der Waals surface area contributed by atoms with Crippen molar-refractivity contribution in [2.24, 2.45) is 12.5 Å². The Morgan fingerprint density at radius 1 is 1.48 bits per heavy atom. The molecule has 2 unspecified atom stereocenters. The Labute approximate surface area is 126 Å². The number of aromatic nitrogens is 2. The lowest BCUT2D eigenvalue weighted by atomic mass is 9.74. The van der Waals surface area contributed by atoms with Gasteiger partial charge in [0.15, 0.2) is 0 Å². The highest BCUT2D eigenvalue weighted by atomic mass is 16.3. The number of hydrogen-bond acceptors (Lipinski definition) is 3. The minimum atomic E-state index is 0.215. The Balaban J connectivity index is 1.86. The van der Waals surface area contributed by atoms with Crippen LogP contribution in [0.5, 0.6) is 0 Å². The van der Waals surface area contributed by atoms with Crippen LogP contribution in [0.1, 0.15) is 62.2 Å². The third-order valence-corrected chi connectivity index (χ3v) is 4.43. The molecule has 0 aromatic carbocycles. The summed E-state index contributed by atoms with van der Waals surface area (Å²) in [6, 6.07) is 2.73. The fourth-order valence-electron chi connectivity index (χ4n) is 3.50. The van der Waals surface area contributed by atoms with Gasteiger partial charge >= 0.3 is 0 Å². The van der Waals surface area contributed by atoms with Crippen LogP contribution in [0.4, 0.5) is 0 Å². The molecule has 2 aromatic heterocycles. The number of nitrogens with zero attached hydrogens (tertiary/aromatic N) is 2. The van der Waals surface area contributed by atoms with Crippen molar-refractivity contribution in [1.82, 2.24) is 14.9 Å². The summed E-state index contributed by atoms with van der Waals surface area (Å²) in [6.07, 6.45) is 5.98. The maximum absolute atomic E-state index is 5.91. The third-order valence-electron chi connectivity index (χ3n) is 4.43. The highest BCUT2D eigenvalue weighted by Crippen LogP contribution is 2.42. The molecule has 1 N–H and O–H groups in total. The number of aryl methyl sites for hydroxylation is 2. The van der Waals surface area contributed by atoms with Gasteiger partial charge in [0.1, 0.15) is 17.3 Å². The molecule has 2 atom stereocenters. The number of rotatable bonds is 3. The number of imidazole rings is 1. The molecule has 21 heavy (non-hydrogen) atoms. The summed E-state index contributed by atoms with van der Waals surface area (Å²) in [5.74, 6) is 3.22. The van der Waals surface area contributed by atoms with Crippen molar-refractivity contribution in [2.45, 2.75) is 52.6 Å². The van der Waals surface area contributed by atoms with Gasteiger partial charge in [-0.2, -0.15) is 0 Å². The first kappa shape index (κ1) is 14.4. The molecular weight excluding hydrogens is 262 g/mol. The standard InChI is InChI=1S/C17H25N3O/c1-11-8-13-14(9-17(3,4)10-15(13)21-11)19-12(2)16-18-6-7-20(16)5/h6-8,12,14,19H,9-10H2,1-5H3. The Morgan fingerprint density at radius 3 is 2.90 bits per heavy atom. The molecule has 1 aliphatic carbocycles. The molecule has 4 nitrogen and oxygen atoms in total. The van der Waals surface area contributed by atoms with Crippen molar-refractivity contribution < 1.29 is 4.42 Å². The topological polar surface area (TPSA) is 43.0 Å². The van der Waals surface area contributed by atoms with Crippen LogP contribution >= 0.6 is 0 Å². The van der Waals surface area contributed by atoms with Gasteiger partial charge in [0.2, 0.25) is 0 Å². The normalized spacial score (nSPS) is 22.0. The summed E-state index contributed by atoms with van der Waals surface area (Å²) in [5, 5.41) is 3.74. The second-order valence-electron chi connectivity index (χ2n) is 7.12. The van der Waals surface area contributed by atoms with Gasteiger partial charge in [0.05, 0.1) is 6.04 Å². The zero-order chi connectivity index (χ0) is 15.2. The average molecular weight is 287 g/mol. The van der Waals surface area contributed by atoms with Crippen LogP contribution in [0.15, 0.2) is 22.9 Å². The molecule has 0 radical (unpaired) electrons. The van der Waals surface area contributed by atoms with Gasteiger partial charge in [-0.15, -0.1) is 0 Å². The summed E-state index contributed by atoms with van der Waals surface area (Å²) < 4.78 is 7.98. The van der Waals surface area contributed by atoms with Crippen molar-refractivity contribution >= 4 is 0 Å². The van der Waals surface area contributed by atoms with Gasteiger partial charge in [-0.3, -0.25) is 0 Å². The smallest absolute Gasteiger partial charge is 0.125 e. The predicted octanol–water partition coefficient (Wildman–Crippen LogP) is 3.69. The molecule has 4 heteroatoms. The summed E-state index contributed by atoms with van der Waals surface area (Å²) >= 11 is 0. The van der Waals surface area contributed by atoms with E-state index in [1.807, 2.05) is 26.4 Å². The van der Waals surface area contributed by atoms with Gasteiger partial charge in [-0.1, -0.05) is 13.8 Å². The summed E-state index contributed by atoms with van der Waals surface area (Å²) in [4.78, 5) is 4.46. The lowest BCUT2D eigenvalue weighted by Gasteiger charge is -2.36. The Hall–Kier alpha value is -1.55. The summed E-state index contributed by atoms with van der Waals surface area (Å²) in [7, 11) is 2.04. The quantitative estimate of drug-likeness (QED) is 0.936. The van der Waals surface area contributed by atoms with Crippen molar-refractivity contribution in [3.63, 3.8) is 0 Å². The van der Waals surface area contributed by atoms with E-state index >= 15 is 0 Å². The van der Waals surface area contributed by atoms with E-state index in [9.17, 15) is 0 Å². The monoisotopic (exact) mass is 287 g/mol. The molecule has 0 amide bonds. The van der Waals surface area contributed by atoms with Crippen LogP contribution in [0.25, 0.3) is 0 Å². The Morgan fingerprint density at radius 2 is 2.24 bits per heavy atom. The van der Waals surface area contributed by atoms with Crippen molar-refractivity contribution in [2.75, 3.05) is 0 Å². The van der Waals surface area contributed by atoms with E-state index in [0.29, 0.717) is 6.04 Å². The summed E-state index contributed by atoms with van der Waals surface area (Å²) in [6.45, 7) is 8.84. The maximum atomic E-state index is 5.91. The molecule has 1 aliphatic rings. The molecular formula is C17H25N3O. The average Bonchev–Trinajstić information content (AvgIpc) is 2.93. The molecule has 0 saturated heterocycles. The van der Waals surface area contributed by atoms with E-state index in [2.05, 4.69) is 41.7 Å². The second-order valence-corrected chi connectivity index (χ2v) is 7.12. The minimum Gasteiger partial charge on any atom is -0.466 e. The molecule has 2 aromatic rings. The highest BCUT2D eigenvalue weighted by molar-refractivity contribution is 5.29. The van der Waals surface area contributed by atoms with E-state index in [-0.39, 0.29) is 11.5 Å². The van der Waals surface area contributed by atoms with Crippen LogP contribution in [0.3, 0.4) is 0 Å². The SMILES string of the molecule is Cc1cc2c(o1)CC(C)(C)CC2NC(C)c1nccn1C. The van der Waals surface area contributed by atoms with Gasteiger partial charge < -0.3 is 14.3 Å². The van der Waals surface area contributed by atoms with Crippen molar-refractivity contribution in [3.8, 4) is 0 Å². The molecule has 0 fully saturated rings. The molecule has 3 rings (SSSR count). The lowest BCUT2D eigenvalue weighted by molar-refractivity contribution is 0.225. The van der Waals surface area contributed by atoms with Crippen LogP contribution < -0.4 is 5.32 Å². The van der Waals surface area contributed by atoms with E-state index < -0.39 is 0 Å². The number of hydrogen-bond donors (Lipinski definition) is 1. The molecule has 114 valence electrons. The fraction of sp³-hybridized carbons (Fsp3) is 0.588. The van der Waals surface area contributed by atoms with E-state index in [4.69, 9.17) is 4.42 Å². The first-order valence-electron chi connectivity index (χ1n) is 7.68. The fourth-order valence-corrected chi connectivity index (χ4v) is 3.50. The van der Waals surface area contributed by atoms with Crippen LogP contribution in [0, 0.1) is 12.3 Å². The number of fused-ring (bicyclic) bond motifs is 1. The van der Waals surface area contributed by atoms with E-state index in [0.717, 1.165) is 30.2 Å². The zero-order valence-electron chi connectivity index (χ0n) is 13.6. The van der Waals surface area contributed by atoms with Gasteiger partial charge in [0.25, 0.3) is 0 Å². The first-order chi connectivity index (χ1) is 9.85. The van der Waals surface area contributed by atoms with Crippen molar-refractivity contribution in [1.29, 1.82) is 0 Å². The van der Waals surface area contributed by atoms with Crippen LogP contribution in [-0.4, -0.2) is 9.55 Å². The first-order valence-corrected chi connectivity index (χ1v) is 7.68. The number of nitrogens with one attached hydrogen (secondary N) is 1. The predicted molar refractivity (Wildman–Crippen MR) is 83.0 cm³/mol. The third kappa shape index (κ3) is 2.77. The molecule has 0 aliphatic heterocycles. The Bertz CT molecular complexity index is 638. The van der Waals surface area contributed by atoms with Gasteiger partial charge in [-0.05, 0) is 31.7 Å². The zero-order valence-corrected chi connectivity index (χ0v) is 13.6. The van der Waals surface area contributed by atoms with E-state index in [1.165, 1.54) is 5.56 Å². The number of furan rings is 1. The molecule has 0 spiro atoms. The minimum absolute atomic E-state index is 0.215. The largest absolute Gasteiger partial charge is 0.466 e. The second kappa shape index (κ2) is 5.02. The lowest BCUT2D eigenvalue weighted by Crippen LogP contribution is -2.34. The van der Waals surface area contributed by atoms with Crippen LogP contribution in [0.2, 0.25) is 0 Å². The van der Waals surface area contributed by atoms with Gasteiger partial charge in [-0.25, -0.2) is 4.98 Å². The highest BCUT2D eigenvalue weighted by Gasteiger charge is 2.35. The van der Waals surface area contributed by atoms with E-state index in [1.54, 1.807) is 0 Å². The Kier molecular flexibility index (Phi) is 3.44. The van der Waals surface area contributed by atoms with Crippen LogP contribution in [-0.2, 0) is 13.5 Å². The van der Waals surface area contributed by atoms with Crippen molar-refractivity contribution in [3.05, 3.63) is 41.4 Å². The van der Waals surface area contributed by atoms with Gasteiger partial charge in [0, 0.05) is 37.5 Å². The molecule has 0 bridgehead atoms. The molecule has 2 heterocycles.